The highest BCUT2D eigenvalue weighted by atomic mass is 32.2. The Balaban J connectivity index is 1.44. The maximum atomic E-state index is 12.8. The quantitative estimate of drug-likeness (QED) is 0.670. The molecule has 1 aromatic heterocycles. The van der Waals surface area contributed by atoms with E-state index in [1.54, 1.807) is 30.6 Å². The number of carbonyl (C=O) groups is 2. The molecule has 1 N–H and O–H groups in total. The van der Waals surface area contributed by atoms with Gasteiger partial charge in [-0.2, -0.15) is 0 Å². The summed E-state index contributed by atoms with van der Waals surface area (Å²) >= 11 is 1.39. The van der Waals surface area contributed by atoms with Gasteiger partial charge in [0.2, 0.25) is 5.91 Å². The summed E-state index contributed by atoms with van der Waals surface area (Å²) in [5, 5.41) is 2.87. The van der Waals surface area contributed by atoms with Gasteiger partial charge in [-0.3, -0.25) is 14.6 Å². The molecule has 5 nitrogen and oxygen atoms in total. The Morgan fingerprint density at radius 2 is 1.75 bits per heavy atom. The summed E-state index contributed by atoms with van der Waals surface area (Å²) in [6.45, 7) is 0.711. The van der Waals surface area contributed by atoms with Gasteiger partial charge in [0.05, 0.1) is 11.3 Å². The van der Waals surface area contributed by atoms with E-state index in [9.17, 15) is 9.59 Å². The van der Waals surface area contributed by atoms with Gasteiger partial charge < -0.3 is 10.2 Å². The fourth-order valence-electron chi connectivity index (χ4n) is 3.23. The number of hydrogen-bond acceptors (Lipinski definition) is 4. The molecule has 0 saturated carbocycles. The molecule has 0 spiro atoms. The number of fused-ring (bicyclic) bond motifs is 1. The van der Waals surface area contributed by atoms with Gasteiger partial charge in [0.15, 0.2) is 0 Å². The van der Waals surface area contributed by atoms with E-state index in [-0.39, 0.29) is 17.6 Å². The second kappa shape index (κ2) is 8.27. The van der Waals surface area contributed by atoms with Gasteiger partial charge in [0.25, 0.3) is 5.91 Å². The molecular formula is C22H19N3O2S. The van der Waals surface area contributed by atoms with Crippen molar-refractivity contribution in [3.05, 3.63) is 84.2 Å². The number of thioether (sulfide) groups is 1. The molecule has 3 aromatic rings. The zero-order chi connectivity index (χ0) is 19.3. The average molecular weight is 389 g/mol. The SMILES string of the molecule is O=C(Nc1ccncc1)c1ccccc1SCC(=O)N1CCc2ccccc21. The molecule has 1 aliphatic rings. The molecule has 0 saturated heterocycles. The molecule has 4 rings (SSSR count). The standard InChI is InChI=1S/C22H19N3O2S/c26-21(25-14-11-16-5-1-3-7-19(16)25)15-28-20-8-4-2-6-18(20)22(27)24-17-9-12-23-13-10-17/h1-10,12-13H,11,14-15H2,(H,23,24,27). The molecule has 0 unspecified atom stereocenters. The van der Waals surface area contributed by atoms with Gasteiger partial charge in [0.1, 0.15) is 0 Å². The molecule has 1 aliphatic heterocycles. The fraction of sp³-hybridized carbons (Fsp3) is 0.136. The van der Waals surface area contributed by atoms with Crippen LogP contribution in [0.2, 0.25) is 0 Å². The third kappa shape index (κ3) is 3.92. The van der Waals surface area contributed by atoms with Crippen LogP contribution in [-0.2, 0) is 11.2 Å². The van der Waals surface area contributed by atoms with Crippen LogP contribution in [-0.4, -0.2) is 29.1 Å². The molecule has 2 aromatic carbocycles. The van der Waals surface area contributed by atoms with Crippen LogP contribution in [0.3, 0.4) is 0 Å². The fourth-order valence-corrected chi connectivity index (χ4v) is 4.15. The van der Waals surface area contributed by atoms with Crippen molar-refractivity contribution in [2.45, 2.75) is 11.3 Å². The first-order valence-corrected chi connectivity index (χ1v) is 10.0. The average Bonchev–Trinajstić information content (AvgIpc) is 3.17. The third-order valence-corrected chi connectivity index (χ3v) is 5.67. The van der Waals surface area contributed by atoms with Crippen LogP contribution < -0.4 is 10.2 Å². The predicted molar refractivity (Wildman–Crippen MR) is 112 cm³/mol. The van der Waals surface area contributed by atoms with Gasteiger partial charge >= 0.3 is 0 Å². The number of rotatable bonds is 5. The zero-order valence-corrected chi connectivity index (χ0v) is 16.0. The van der Waals surface area contributed by atoms with E-state index in [0.29, 0.717) is 17.8 Å². The van der Waals surface area contributed by atoms with Crippen LogP contribution in [0.4, 0.5) is 11.4 Å². The summed E-state index contributed by atoms with van der Waals surface area (Å²) in [6, 6.07) is 18.8. The smallest absolute Gasteiger partial charge is 0.256 e. The second-order valence-electron chi connectivity index (χ2n) is 6.40. The van der Waals surface area contributed by atoms with Crippen LogP contribution in [0.1, 0.15) is 15.9 Å². The maximum absolute atomic E-state index is 12.8. The molecule has 28 heavy (non-hydrogen) atoms. The minimum absolute atomic E-state index is 0.0549. The molecular weight excluding hydrogens is 370 g/mol. The van der Waals surface area contributed by atoms with Crippen LogP contribution in [0, 0.1) is 0 Å². The van der Waals surface area contributed by atoms with Crippen LogP contribution in [0.25, 0.3) is 0 Å². The highest BCUT2D eigenvalue weighted by molar-refractivity contribution is 8.00. The zero-order valence-electron chi connectivity index (χ0n) is 15.2. The topological polar surface area (TPSA) is 62.3 Å². The minimum Gasteiger partial charge on any atom is -0.322 e. The monoisotopic (exact) mass is 389 g/mol. The second-order valence-corrected chi connectivity index (χ2v) is 7.42. The minimum atomic E-state index is -0.201. The highest BCUT2D eigenvalue weighted by Gasteiger charge is 2.24. The largest absolute Gasteiger partial charge is 0.322 e. The number of aromatic nitrogens is 1. The lowest BCUT2D eigenvalue weighted by Gasteiger charge is -2.17. The molecule has 0 fully saturated rings. The summed E-state index contributed by atoms with van der Waals surface area (Å²) in [5.74, 6) is 0.140. The lowest BCUT2D eigenvalue weighted by molar-refractivity contribution is -0.116. The predicted octanol–water partition coefficient (Wildman–Crippen LogP) is 4.02. The molecule has 0 atom stereocenters. The number of nitrogens with zero attached hydrogens (tertiary/aromatic N) is 2. The van der Waals surface area contributed by atoms with E-state index in [1.807, 2.05) is 41.3 Å². The van der Waals surface area contributed by atoms with E-state index in [1.165, 1.54) is 17.3 Å². The molecule has 0 bridgehead atoms. The van der Waals surface area contributed by atoms with Crippen molar-refractivity contribution in [1.29, 1.82) is 0 Å². The number of anilines is 2. The number of para-hydroxylation sites is 1. The number of nitrogens with one attached hydrogen (secondary N) is 1. The lowest BCUT2D eigenvalue weighted by Crippen LogP contribution is -2.30. The van der Waals surface area contributed by atoms with Gasteiger partial charge in [-0.1, -0.05) is 30.3 Å². The summed E-state index contributed by atoms with van der Waals surface area (Å²) in [6.07, 6.45) is 4.14. The summed E-state index contributed by atoms with van der Waals surface area (Å²) < 4.78 is 0. The normalized spacial score (nSPS) is 12.5. The van der Waals surface area contributed by atoms with E-state index in [2.05, 4.69) is 16.4 Å². The maximum Gasteiger partial charge on any atom is 0.256 e. The van der Waals surface area contributed by atoms with Gasteiger partial charge in [-0.15, -0.1) is 11.8 Å². The molecule has 140 valence electrons. The summed E-state index contributed by atoms with van der Waals surface area (Å²) in [5.41, 5.74) is 3.44. The van der Waals surface area contributed by atoms with Gasteiger partial charge in [0, 0.05) is 35.2 Å². The molecule has 2 heterocycles. The Morgan fingerprint density at radius 1 is 1.00 bits per heavy atom. The Hall–Kier alpha value is -3.12. The van der Waals surface area contributed by atoms with Crippen LogP contribution in [0.5, 0.6) is 0 Å². The molecule has 0 aliphatic carbocycles. The van der Waals surface area contributed by atoms with Crippen molar-refractivity contribution in [3.8, 4) is 0 Å². The molecule has 2 amide bonds. The van der Waals surface area contributed by atoms with Crippen molar-refractivity contribution in [2.24, 2.45) is 0 Å². The Labute approximate surface area is 167 Å². The molecule has 6 heteroatoms. The van der Waals surface area contributed by atoms with Crippen molar-refractivity contribution < 1.29 is 9.59 Å². The van der Waals surface area contributed by atoms with Crippen molar-refractivity contribution in [2.75, 3.05) is 22.5 Å². The van der Waals surface area contributed by atoms with Crippen molar-refractivity contribution in [3.63, 3.8) is 0 Å². The third-order valence-electron chi connectivity index (χ3n) is 4.61. The number of hydrogen-bond donors (Lipinski definition) is 1. The number of pyridine rings is 1. The van der Waals surface area contributed by atoms with E-state index < -0.39 is 0 Å². The van der Waals surface area contributed by atoms with Gasteiger partial charge in [-0.25, -0.2) is 0 Å². The number of benzene rings is 2. The van der Waals surface area contributed by atoms with Crippen LogP contribution in [0.15, 0.2) is 78.0 Å². The highest BCUT2D eigenvalue weighted by Crippen LogP contribution is 2.30. The summed E-state index contributed by atoms with van der Waals surface area (Å²) in [7, 11) is 0. The van der Waals surface area contributed by atoms with E-state index >= 15 is 0 Å². The Morgan fingerprint density at radius 3 is 2.61 bits per heavy atom. The Kier molecular flexibility index (Phi) is 5.39. The first-order chi connectivity index (χ1) is 13.7. The van der Waals surface area contributed by atoms with Gasteiger partial charge in [-0.05, 0) is 42.3 Å². The van der Waals surface area contributed by atoms with E-state index in [4.69, 9.17) is 0 Å². The Bertz CT molecular complexity index is 1010. The van der Waals surface area contributed by atoms with E-state index in [0.717, 1.165) is 17.0 Å². The van der Waals surface area contributed by atoms with Crippen molar-refractivity contribution >= 4 is 35.0 Å². The lowest BCUT2D eigenvalue weighted by atomic mass is 10.2. The van der Waals surface area contributed by atoms with Crippen molar-refractivity contribution in [1.82, 2.24) is 4.98 Å². The van der Waals surface area contributed by atoms with Crippen LogP contribution >= 0.6 is 11.8 Å². The molecule has 0 radical (unpaired) electrons. The number of carbonyl (C=O) groups excluding carboxylic acids is 2. The number of amides is 2. The summed E-state index contributed by atoms with van der Waals surface area (Å²) in [4.78, 5) is 32.0. The first kappa shape index (κ1) is 18.3. The first-order valence-electron chi connectivity index (χ1n) is 9.04.